The first-order valence-corrected chi connectivity index (χ1v) is 6.39. The van der Waals surface area contributed by atoms with Crippen LogP contribution in [0.5, 0.6) is 0 Å². The van der Waals surface area contributed by atoms with Gasteiger partial charge in [-0.1, -0.05) is 12.1 Å². The van der Waals surface area contributed by atoms with Crippen molar-refractivity contribution in [3.8, 4) is 0 Å². The third-order valence-corrected chi connectivity index (χ3v) is 2.54. The minimum atomic E-state index is -4.48. The zero-order valence-electron chi connectivity index (χ0n) is 12.2. The Morgan fingerprint density at radius 2 is 1.90 bits per heavy atom. The fourth-order valence-corrected chi connectivity index (χ4v) is 1.66. The number of hydrogen-bond donors (Lipinski definition) is 2. The molecule has 0 saturated carbocycles. The maximum Gasteiger partial charge on any atom is 0.416 e. The van der Waals surface area contributed by atoms with Crippen LogP contribution in [0.2, 0.25) is 0 Å². The Balaban J connectivity index is 2.80. The van der Waals surface area contributed by atoms with Crippen LogP contribution in [0.25, 0.3) is 0 Å². The minimum absolute atomic E-state index is 0.0171. The van der Waals surface area contributed by atoms with Crippen molar-refractivity contribution in [2.75, 3.05) is 0 Å². The second-order valence-electron chi connectivity index (χ2n) is 5.55. The number of carbonyl (C=O) groups excluding carboxylic acids is 1. The molecule has 0 fully saturated rings. The van der Waals surface area contributed by atoms with E-state index in [0.29, 0.717) is 5.56 Å². The number of hydrogen-bond acceptors (Lipinski definition) is 3. The Morgan fingerprint density at radius 1 is 1.29 bits per heavy atom. The normalized spacial score (nSPS) is 12.1. The molecule has 0 radical (unpaired) electrons. The molecule has 3 N–H and O–H groups in total. The van der Waals surface area contributed by atoms with Gasteiger partial charge >= 0.3 is 12.3 Å². The van der Waals surface area contributed by atoms with Crippen LogP contribution in [-0.4, -0.2) is 11.7 Å². The van der Waals surface area contributed by atoms with E-state index in [-0.39, 0.29) is 18.7 Å². The quantitative estimate of drug-likeness (QED) is 0.901. The number of ether oxygens (including phenoxy) is 1. The molecule has 4 nitrogen and oxygen atoms in total. The molecule has 0 bridgehead atoms. The Morgan fingerprint density at radius 3 is 2.38 bits per heavy atom. The van der Waals surface area contributed by atoms with Crippen LogP contribution in [0, 0.1) is 0 Å². The number of halogens is 3. The van der Waals surface area contributed by atoms with E-state index in [9.17, 15) is 18.0 Å². The van der Waals surface area contributed by atoms with Gasteiger partial charge < -0.3 is 15.8 Å². The summed E-state index contributed by atoms with van der Waals surface area (Å²) < 4.78 is 43.6. The molecule has 1 rings (SSSR count). The average Bonchev–Trinajstić information content (AvgIpc) is 2.33. The number of nitrogens with two attached hydrogens (primary N) is 1. The fraction of sp³-hybridized carbons (Fsp3) is 0.500. The van der Waals surface area contributed by atoms with Crippen molar-refractivity contribution < 1.29 is 22.7 Å². The molecular weight excluding hydrogens is 285 g/mol. The number of alkyl halides is 3. The molecule has 0 unspecified atom stereocenters. The Hall–Kier alpha value is -1.76. The fourth-order valence-electron chi connectivity index (χ4n) is 1.66. The molecule has 0 saturated heterocycles. The lowest BCUT2D eigenvalue weighted by molar-refractivity contribution is -0.138. The van der Waals surface area contributed by atoms with E-state index >= 15 is 0 Å². The second kappa shape index (κ2) is 6.34. The molecule has 21 heavy (non-hydrogen) atoms. The largest absolute Gasteiger partial charge is 0.444 e. The molecule has 1 amide bonds. The summed E-state index contributed by atoms with van der Waals surface area (Å²) in [6, 6.07) is 3.79. The molecule has 0 spiro atoms. The van der Waals surface area contributed by atoms with Gasteiger partial charge in [-0.2, -0.15) is 13.2 Å². The van der Waals surface area contributed by atoms with Crippen LogP contribution in [0.15, 0.2) is 18.2 Å². The van der Waals surface area contributed by atoms with E-state index in [2.05, 4.69) is 5.32 Å². The number of nitrogens with one attached hydrogen (secondary N) is 1. The van der Waals surface area contributed by atoms with Crippen molar-refractivity contribution in [2.24, 2.45) is 5.73 Å². The molecule has 0 aliphatic rings. The monoisotopic (exact) mass is 304 g/mol. The highest BCUT2D eigenvalue weighted by atomic mass is 19.4. The van der Waals surface area contributed by atoms with E-state index in [1.807, 2.05) is 0 Å². The molecule has 0 aliphatic carbocycles. The molecule has 0 aromatic heterocycles. The van der Waals surface area contributed by atoms with Crippen LogP contribution >= 0.6 is 0 Å². The van der Waals surface area contributed by atoms with Crippen molar-refractivity contribution in [3.63, 3.8) is 0 Å². The number of alkyl carbamates (subject to hydrolysis) is 1. The first kappa shape index (κ1) is 17.3. The summed E-state index contributed by atoms with van der Waals surface area (Å²) in [6.45, 7) is 4.84. The van der Waals surface area contributed by atoms with Gasteiger partial charge in [-0.25, -0.2) is 4.79 Å². The summed E-state index contributed by atoms with van der Waals surface area (Å²) >= 11 is 0. The summed E-state index contributed by atoms with van der Waals surface area (Å²) in [5, 5.41) is 2.41. The Kier molecular flexibility index (Phi) is 5.22. The third-order valence-electron chi connectivity index (χ3n) is 2.54. The van der Waals surface area contributed by atoms with Crippen molar-refractivity contribution in [1.29, 1.82) is 0 Å². The highest BCUT2D eigenvalue weighted by molar-refractivity contribution is 5.67. The van der Waals surface area contributed by atoms with Gasteiger partial charge in [0.1, 0.15) is 5.60 Å². The molecule has 118 valence electrons. The Labute approximate surface area is 121 Å². The van der Waals surface area contributed by atoms with E-state index in [1.54, 1.807) is 20.8 Å². The lowest BCUT2D eigenvalue weighted by atomic mass is 10.0. The van der Waals surface area contributed by atoms with Crippen molar-refractivity contribution in [1.82, 2.24) is 5.32 Å². The standard InChI is InChI=1S/C14H19F3N2O2/c1-13(2,3)21-12(20)19-8-9-4-5-10(7-18)11(6-9)14(15,16)17/h4-6H,7-8,18H2,1-3H3,(H,19,20). The second-order valence-corrected chi connectivity index (χ2v) is 5.55. The molecule has 7 heteroatoms. The predicted octanol–water partition coefficient (Wildman–Crippen LogP) is 3.19. The summed E-state index contributed by atoms with van der Waals surface area (Å²) in [7, 11) is 0. The maximum absolute atomic E-state index is 12.9. The van der Waals surface area contributed by atoms with E-state index in [0.717, 1.165) is 6.07 Å². The lowest BCUT2D eigenvalue weighted by Gasteiger charge is -2.20. The van der Waals surface area contributed by atoms with Gasteiger partial charge in [0.05, 0.1) is 5.56 Å². The van der Waals surface area contributed by atoms with Gasteiger partial charge in [0.15, 0.2) is 0 Å². The van der Waals surface area contributed by atoms with Gasteiger partial charge in [0.25, 0.3) is 0 Å². The molecule has 0 aliphatic heterocycles. The summed E-state index contributed by atoms with van der Waals surface area (Å²) in [5.74, 6) is 0. The summed E-state index contributed by atoms with van der Waals surface area (Å²) in [6.07, 6.45) is -5.16. The van der Waals surface area contributed by atoms with Crippen molar-refractivity contribution >= 4 is 6.09 Å². The predicted molar refractivity (Wildman–Crippen MR) is 72.4 cm³/mol. The van der Waals surface area contributed by atoms with Crippen LogP contribution in [-0.2, 0) is 24.0 Å². The third kappa shape index (κ3) is 5.63. The number of amides is 1. The lowest BCUT2D eigenvalue weighted by Crippen LogP contribution is -2.32. The highest BCUT2D eigenvalue weighted by Gasteiger charge is 2.33. The van der Waals surface area contributed by atoms with Crippen LogP contribution in [0.4, 0.5) is 18.0 Å². The van der Waals surface area contributed by atoms with Crippen LogP contribution in [0.1, 0.15) is 37.5 Å². The first-order chi connectivity index (χ1) is 9.53. The Bertz CT molecular complexity index is 508. The maximum atomic E-state index is 12.9. The van der Waals surface area contributed by atoms with Gasteiger partial charge in [-0.15, -0.1) is 0 Å². The molecular formula is C14H19F3N2O2. The smallest absolute Gasteiger partial charge is 0.416 e. The molecule has 0 atom stereocenters. The van der Waals surface area contributed by atoms with E-state index < -0.39 is 23.4 Å². The summed E-state index contributed by atoms with van der Waals surface area (Å²) in [5.41, 5.74) is 4.19. The zero-order valence-corrected chi connectivity index (χ0v) is 12.2. The summed E-state index contributed by atoms with van der Waals surface area (Å²) in [4.78, 5) is 11.5. The highest BCUT2D eigenvalue weighted by Crippen LogP contribution is 2.32. The topological polar surface area (TPSA) is 64.3 Å². The van der Waals surface area contributed by atoms with Crippen molar-refractivity contribution in [3.05, 3.63) is 34.9 Å². The van der Waals surface area contributed by atoms with Gasteiger partial charge in [0.2, 0.25) is 0 Å². The SMILES string of the molecule is CC(C)(C)OC(=O)NCc1ccc(CN)c(C(F)(F)F)c1. The zero-order chi connectivity index (χ0) is 16.3. The van der Waals surface area contributed by atoms with E-state index in [1.165, 1.54) is 12.1 Å². The van der Waals surface area contributed by atoms with Gasteiger partial charge in [0, 0.05) is 13.1 Å². The van der Waals surface area contributed by atoms with Crippen LogP contribution < -0.4 is 11.1 Å². The number of rotatable bonds is 3. The van der Waals surface area contributed by atoms with Gasteiger partial charge in [-0.05, 0) is 38.0 Å². The van der Waals surface area contributed by atoms with Crippen molar-refractivity contribution in [2.45, 2.75) is 45.6 Å². The van der Waals surface area contributed by atoms with E-state index in [4.69, 9.17) is 10.5 Å². The minimum Gasteiger partial charge on any atom is -0.444 e. The van der Waals surface area contributed by atoms with Gasteiger partial charge in [-0.3, -0.25) is 0 Å². The number of carbonyl (C=O) groups is 1. The number of benzene rings is 1. The molecule has 1 aromatic rings. The molecule has 1 aromatic carbocycles. The first-order valence-electron chi connectivity index (χ1n) is 6.39. The van der Waals surface area contributed by atoms with Crippen LogP contribution in [0.3, 0.4) is 0 Å². The average molecular weight is 304 g/mol. The molecule has 0 heterocycles.